The molecule has 1 saturated carbocycles. The second kappa shape index (κ2) is 5.36. The molecule has 1 aliphatic carbocycles. The summed E-state index contributed by atoms with van der Waals surface area (Å²) in [4.78, 5) is 6.48. The minimum absolute atomic E-state index is 0.0847. The highest BCUT2D eigenvalue weighted by Crippen LogP contribution is 2.40. The average Bonchev–Trinajstić information content (AvgIpc) is 3.15. The lowest BCUT2D eigenvalue weighted by Crippen LogP contribution is -2.46. The molecule has 0 radical (unpaired) electrons. The zero-order chi connectivity index (χ0) is 15.0. The second-order valence-electron chi connectivity index (χ2n) is 5.75. The van der Waals surface area contributed by atoms with E-state index in [0.29, 0.717) is 17.6 Å². The van der Waals surface area contributed by atoms with Gasteiger partial charge in [0, 0.05) is 6.04 Å². The normalized spacial score (nSPS) is 24.4. The minimum atomic E-state index is 0.0847. The van der Waals surface area contributed by atoms with Gasteiger partial charge in [0.1, 0.15) is 18.2 Å². The second-order valence-corrected chi connectivity index (χ2v) is 5.75. The SMILES string of the molecule is C/C=C1\C(=N)N(C2CCCC2)[C@H](CC)c2c(C#N)ncn21. The number of fused-ring (bicyclic) bond motifs is 1. The maximum atomic E-state index is 9.35. The topological polar surface area (TPSA) is 68.7 Å². The third-order valence-electron chi connectivity index (χ3n) is 4.70. The Kier molecular flexibility index (Phi) is 3.54. The number of rotatable bonds is 2. The highest BCUT2D eigenvalue weighted by molar-refractivity contribution is 6.16. The summed E-state index contributed by atoms with van der Waals surface area (Å²) in [5.74, 6) is 0.575. The average molecular weight is 283 g/mol. The molecule has 2 aliphatic rings. The molecule has 1 aromatic heterocycles. The number of hydrogen-bond donors (Lipinski definition) is 1. The summed E-state index contributed by atoms with van der Waals surface area (Å²) < 4.78 is 1.93. The molecule has 0 saturated heterocycles. The van der Waals surface area contributed by atoms with Crippen molar-refractivity contribution in [1.29, 1.82) is 10.7 Å². The van der Waals surface area contributed by atoms with Crippen LogP contribution in [0.2, 0.25) is 0 Å². The molecule has 1 fully saturated rings. The van der Waals surface area contributed by atoms with Crippen LogP contribution in [-0.4, -0.2) is 26.3 Å². The number of nitrogens with zero attached hydrogens (tertiary/aromatic N) is 4. The Labute approximate surface area is 125 Å². The maximum Gasteiger partial charge on any atom is 0.164 e. The molecular formula is C16H21N5. The monoisotopic (exact) mass is 283 g/mol. The number of aromatic nitrogens is 2. The first-order valence-electron chi connectivity index (χ1n) is 7.74. The van der Waals surface area contributed by atoms with E-state index in [4.69, 9.17) is 5.41 Å². The molecule has 0 bridgehead atoms. The van der Waals surface area contributed by atoms with Crippen molar-refractivity contribution < 1.29 is 0 Å². The van der Waals surface area contributed by atoms with Gasteiger partial charge >= 0.3 is 0 Å². The third kappa shape index (κ3) is 1.98. The van der Waals surface area contributed by atoms with Crippen LogP contribution in [0.1, 0.15) is 63.4 Å². The Balaban J connectivity index is 2.15. The van der Waals surface area contributed by atoms with Crippen molar-refractivity contribution in [3.05, 3.63) is 23.8 Å². The van der Waals surface area contributed by atoms with Gasteiger partial charge in [-0.15, -0.1) is 0 Å². The van der Waals surface area contributed by atoms with Gasteiger partial charge in [0.15, 0.2) is 5.69 Å². The van der Waals surface area contributed by atoms with E-state index in [2.05, 4.69) is 22.9 Å². The molecule has 0 aromatic carbocycles. The third-order valence-corrected chi connectivity index (χ3v) is 4.70. The zero-order valence-electron chi connectivity index (χ0n) is 12.6. The van der Waals surface area contributed by atoms with Crippen LogP contribution in [0.3, 0.4) is 0 Å². The molecule has 1 atom stereocenters. The van der Waals surface area contributed by atoms with Crippen LogP contribution in [0.4, 0.5) is 0 Å². The maximum absolute atomic E-state index is 9.35. The van der Waals surface area contributed by atoms with E-state index in [-0.39, 0.29) is 6.04 Å². The summed E-state index contributed by atoms with van der Waals surface area (Å²) in [6, 6.07) is 2.72. The van der Waals surface area contributed by atoms with Crippen LogP contribution in [0, 0.1) is 16.7 Å². The molecule has 0 amide bonds. The Bertz CT molecular complexity index is 628. The standard InChI is InChI=1S/C16H21N5/c1-3-13-15-12(9-17)19-10-20(15)14(4-2)16(18)21(13)11-7-5-6-8-11/h4,10-11,13,18H,3,5-8H2,1-2H3/b14-4+,18-16?/t13-/m1/s1. The van der Waals surface area contributed by atoms with Crippen LogP contribution in [0.15, 0.2) is 12.4 Å². The number of allylic oxidation sites excluding steroid dienone is 1. The van der Waals surface area contributed by atoms with Gasteiger partial charge in [0.05, 0.1) is 17.4 Å². The van der Waals surface area contributed by atoms with Crippen molar-refractivity contribution in [2.24, 2.45) is 0 Å². The fourth-order valence-corrected chi connectivity index (χ4v) is 3.77. The van der Waals surface area contributed by atoms with E-state index in [1.807, 2.05) is 17.6 Å². The molecule has 110 valence electrons. The largest absolute Gasteiger partial charge is 0.344 e. The van der Waals surface area contributed by atoms with E-state index in [1.165, 1.54) is 12.8 Å². The fourth-order valence-electron chi connectivity index (χ4n) is 3.77. The predicted octanol–water partition coefficient (Wildman–Crippen LogP) is 3.30. The van der Waals surface area contributed by atoms with Crippen molar-refractivity contribution in [3.63, 3.8) is 0 Å². The molecule has 2 heterocycles. The number of hydrogen-bond acceptors (Lipinski definition) is 3. The summed E-state index contributed by atoms with van der Waals surface area (Å²) in [6.07, 6.45) is 9.28. The lowest BCUT2D eigenvalue weighted by Gasteiger charge is -2.43. The van der Waals surface area contributed by atoms with Gasteiger partial charge in [-0.1, -0.05) is 25.8 Å². The number of nitriles is 1. The Hall–Kier alpha value is -2.09. The summed E-state index contributed by atoms with van der Waals surface area (Å²) in [5.41, 5.74) is 2.29. The van der Waals surface area contributed by atoms with Crippen LogP contribution < -0.4 is 0 Å². The summed E-state index contributed by atoms with van der Waals surface area (Å²) >= 11 is 0. The number of amidine groups is 1. The highest BCUT2D eigenvalue weighted by Gasteiger charge is 2.39. The molecule has 1 aromatic rings. The smallest absolute Gasteiger partial charge is 0.164 e. The first-order chi connectivity index (χ1) is 10.2. The molecule has 0 unspecified atom stereocenters. The van der Waals surface area contributed by atoms with Crippen LogP contribution in [0.5, 0.6) is 0 Å². The molecule has 3 rings (SSSR count). The first-order valence-corrected chi connectivity index (χ1v) is 7.74. The van der Waals surface area contributed by atoms with E-state index in [9.17, 15) is 5.26 Å². The lowest BCUT2D eigenvalue weighted by molar-refractivity contribution is 0.221. The van der Waals surface area contributed by atoms with Gasteiger partial charge in [-0.25, -0.2) is 4.98 Å². The van der Waals surface area contributed by atoms with Gasteiger partial charge in [-0.2, -0.15) is 5.26 Å². The number of imidazole rings is 1. The van der Waals surface area contributed by atoms with Crippen LogP contribution in [0.25, 0.3) is 5.70 Å². The fraction of sp³-hybridized carbons (Fsp3) is 0.562. The lowest BCUT2D eigenvalue weighted by atomic mass is 9.99. The van der Waals surface area contributed by atoms with Crippen molar-refractivity contribution in [3.8, 4) is 6.07 Å². The van der Waals surface area contributed by atoms with Gasteiger partial charge in [0.25, 0.3) is 0 Å². The van der Waals surface area contributed by atoms with E-state index >= 15 is 0 Å². The van der Waals surface area contributed by atoms with E-state index in [0.717, 1.165) is 30.7 Å². The first kappa shape index (κ1) is 13.9. The molecule has 21 heavy (non-hydrogen) atoms. The van der Waals surface area contributed by atoms with E-state index in [1.54, 1.807) is 6.33 Å². The van der Waals surface area contributed by atoms with Gasteiger partial charge < -0.3 is 4.90 Å². The van der Waals surface area contributed by atoms with Crippen LogP contribution in [-0.2, 0) is 0 Å². The van der Waals surface area contributed by atoms with Crippen LogP contribution >= 0.6 is 0 Å². The molecule has 1 aliphatic heterocycles. The summed E-state index contributed by atoms with van der Waals surface area (Å²) in [7, 11) is 0. The van der Waals surface area contributed by atoms with Crippen molar-refractivity contribution in [2.45, 2.75) is 58.0 Å². The molecule has 0 spiro atoms. The molecule has 5 heteroatoms. The molecule has 1 N–H and O–H groups in total. The van der Waals surface area contributed by atoms with Gasteiger partial charge in [-0.3, -0.25) is 9.98 Å². The van der Waals surface area contributed by atoms with Gasteiger partial charge in [-0.05, 0) is 26.2 Å². The Morgan fingerprint density at radius 3 is 2.76 bits per heavy atom. The summed E-state index contributed by atoms with van der Waals surface area (Å²) in [5, 5.41) is 18.0. The number of nitrogens with one attached hydrogen (secondary N) is 1. The van der Waals surface area contributed by atoms with Crippen molar-refractivity contribution in [1.82, 2.24) is 14.5 Å². The van der Waals surface area contributed by atoms with Crippen molar-refractivity contribution in [2.75, 3.05) is 0 Å². The highest BCUT2D eigenvalue weighted by atomic mass is 15.3. The van der Waals surface area contributed by atoms with E-state index < -0.39 is 0 Å². The molecule has 5 nitrogen and oxygen atoms in total. The quantitative estimate of drug-likeness (QED) is 0.905. The molecular weight excluding hydrogens is 262 g/mol. The summed E-state index contributed by atoms with van der Waals surface area (Å²) in [6.45, 7) is 4.07. The predicted molar refractivity (Wildman–Crippen MR) is 81.7 cm³/mol. The Morgan fingerprint density at radius 1 is 1.48 bits per heavy atom. The zero-order valence-corrected chi connectivity index (χ0v) is 12.6. The Morgan fingerprint density at radius 2 is 2.19 bits per heavy atom. The van der Waals surface area contributed by atoms with Crippen molar-refractivity contribution >= 4 is 11.5 Å². The minimum Gasteiger partial charge on any atom is -0.344 e. The van der Waals surface area contributed by atoms with Gasteiger partial charge in [0.2, 0.25) is 0 Å².